The van der Waals surface area contributed by atoms with E-state index in [0.717, 1.165) is 12.8 Å². The highest BCUT2D eigenvalue weighted by atomic mass is 16.7. The smallest absolute Gasteiger partial charge is 0.336 e. The van der Waals surface area contributed by atoms with Crippen molar-refractivity contribution in [3.8, 4) is 0 Å². The number of ether oxygens (including phenoxy) is 2. The summed E-state index contributed by atoms with van der Waals surface area (Å²) < 4.78 is 10.7. The second-order valence-corrected chi connectivity index (χ2v) is 6.80. The van der Waals surface area contributed by atoms with Crippen LogP contribution in [0.4, 0.5) is 0 Å². The van der Waals surface area contributed by atoms with Crippen LogP contribution in [0.2, 0.25) is 0 Å². The van der Waals surface area contributed by atoms with Crippen LogP contribution in [-0.2, 0) is 25.5 Å². The number of allylic oxidation sites excluding steroid dienone is 1. The molecule has 0 bridgehead atoms. The molecule has 0 N–H and O–H groups in total. The van der Waals surface area contributed by atoms with Crippen LogP contribution in [0, 0.1) is 5.92 Å². The lowest BCUT2D eigenvalue weighted by molar-refractivity contribution is -0.152. The van der Waals surface area contributed by atoms with Crippen LogP contribution in [0.3, 0.4) is 0 Å². The summed E-state index contributed by atoms with van der Waals surface area (Å²) in [5.74, 6) is 0.0903. The van der Waals surface area contributed by atoms with Crippen LogP contribution in [0.25, 0.3) is 0 Å². The molecule has 132 valence electrons. The molecule has 1 aliphatic carbocycles. The highest BCUT2D eigenvalue weighted by Crippen LogP contribution is 2.42. The first-order chi connectivity index (χ1) is 12.0. The van der Waals surface area contributed by atoms with E-state index in [1.807, 2.05) is 19.1 Å². The molecule has 1 aliphatic heterocycles. The average molecular weight is 340 g/mol. The zero-order valence-electron chi connectivity index (χ0n) is 15.0. The number of benzene rings is 1. The number of hydrogen-bond acceptors (Lipinski definition) is 4. The lowest BCUT2D eigenvalue weighted by atomic mass is 9.85. The molecule has 1 aromatic rings. The first-order valence-corrected chi connectivity index (χ1v) is 8.87. The van der Waals surface area contributed by atoms with Crippen LogP contribution in [0.5, 0.6) is 0 Å². The van der Waals surface area contributed by atoms with Gasteiger partial charge in [-0.25, -0.2) is 4.79 Å². The molecule has 25 heavy (non-hydrogen) atoms. The highest BCUT2D eigenvalue weighted by Gasteiger charge is 2.34. The Morgan fingerprint density at radius 1 is 1.36 bits per heavy atom. The summed E-state index contributed by atoms with van der Waals surface area (Å²) in [5, 5.41) is 0. The predicted octanol–water partition coefficient (Wildman–Crippen LogP) is 4.06. The van der Waals surface area contributed by atoms with Gasteiger partial charge in [0.15, 0.2) is 5.78 Å². The lowest BCUT2D eigenvalue weighted by Gasteiger charge is -2.20. The topological polar surface area (TPSA) is 52.6 Å². The van der Waals surface area contributed by atoms with Gasteiger partial charge in [-0.1, -0.05) is 38.1 Å². The minimum atomic E-state index is -0.740. The van der Waals surface area contributed by atoms with E-state index in [1.54, 1.807) is 13.0 Å². The Bertz CT molecular complexity index is 744. The van der Waals surface area contributed by atoms with Crippen molar-refractivity contribution < 1.29 is 19.1 Å². The monoisotopic (exact) mass is 340 g/mol. The predicted molar refractivity (Wildman–Crippen MR) is 94.8 cm³/mol. The molecule has 3 rings (SSSR count). The molecule has 3 unspecified atom stereocenters. The molecule has 2 aliphatic rings. The van der Waals surface area contributed by atoms with Crippen molar-refractivity contribution in [2.45, 2.75) is 52.2 Å². The summed E-state index contributed by atoms with van der Waals surface area (Å²) >= 11 is 0. The van der Waals surface area contributed by atoms with E-state index >= 15 is 0 Å². The molecule has 4 heteroatoms. The second-order valence-electron chi connectivity index (χ2n) is 6.80. The van der Waals surface area contributed by atoms with E-state index in [4.69, 9.17) is 9.47 Å². The molecule has 0 saturated heterocycles. The summed E-state index contributed by atoms with van der Waals surface area (Å²) in [6.07, 6.45) is 4.54. The molecule has 3 atom stereocenters. The molecule has 0 radical (unpaired) electrons. The molecule has 1 aromatic carbocycles. The standard InChI is InChI=1S/C21H24O4/c1-4-7-19(22)18(12-24-20-10-13(2)21(23)25-20)17-11-15-8-5-6-9-16(15)14(17)3/h5-6,8-10,12,14,17,20H,4,7,11H2,1-3H3. The van der Waals surface area contributed by atoms with E-state index in [1.165, 1.54) is 17.4 Å². The largest absolute Gasteiger partial charge is 0.458 e. The number of Topliss-reactive ketones (excluding diaryl/α,β-unsaturated/α-hetero) is 1. The first kappa shape index (κ1) is 17.5. The molecule has 0 spiro atoms. The van der Waals surface area contributed by atoms with Gasteiger partial charge in [-0.05, 0) is 36.8 Å². The Balaban J connectivity index is 1.82. The number of carbonyl (C=O) groups excluding carboxylic acids is 2. The Morgan fingerprint density at radius 2 is 2.12 bits per heavy atom. The number of carbonyl (C=O) groups is 2. The third kappa shape index (κ3) is 3.53. The summed E-state index contributed by atoms with van der Waals surface area (Å²) in [6.45, 7) is 5.84. The number of ketones is 1. The summed E-state index contributed by atoms with van der Waals surface area (Å²) in [4.78, 5) is 24.2. The quantitative estimate of drug-likeness (QED) is 0.445. The number of fused-ring (bicyclic) bond motifs is 1. The van der Waals surface area contributed by atoms with Gasteiger partial charge in [-0.15, -0.1) is 0 Å². The van der Waals surface area contributed by atoms with Crippen LogP contribution >= 0.6 is 0 Å². The van der Waals surface area contributed by atoms with Crippen molar-refractivity contribution in [2.24, 2.45) is 5.92 Å². The SMILES string of the molecule is CCCC(=O)C(=COC1C=C(C)C(=O)O1)C1Cc2ccccc2C1C. The van der Waals surface area contributed by atoms with Crippen molar-refractivity contribution in [3.05, 3.63) is 58.9 Å². The molecule has 4 nitrogen and oxygen atoms in total. The fourth-order valence-electron chi connectivity index (χ4n) is 3.62. The van der Waals surface area contributed by atoms with E-state index < -0.39 is 6.29 Å². The van der Waals surface area contributed by atoms with E-state index in [-0.39, 0.29) is 23.6 Å². The Kier molecular flexibility index (Phi) is 5.07. The zero-order valence-corrected chi connectivity index (χ0v) is 15.0. The normalized spacial score (nSPS) is 25.4. The van der Waals surface area contributed by atoms with Crippen LogP contribution in [0.1, 0.15) is 50.7 Å². The maximum atomic E-state index is 12.7. The average Bonchev–Trinajstić information content (AvgIpc) is 3.09. The zero-order chi connectivity index (χ0) is 18.0. The highest BCUT2D eigenvalue weighted by molar-refractivity contribution is 5.96. The summed E-state index contributed by atoms with van der Waals surface area (Å²) in [6, 6.07) is 8.33. The van der Waals surface area contributed by atoms with Crippen molar-refractivity contribution in [2.75, 3.05) is 0 Å². The molecule has 0 saturated carbocycles. The maximum absolute atomic E-state index is 12.7. The van der Waals surface area contributed by atoms with Crippen LogP contribution in [-0.4, -0.2) is 18.0 Å². The van der Waals surface area contributed by atoms with Gasteiger partial charge in [0.1, 0.15) is 0 Å². The number of cyclic esters (lactones) is 1. The molecule has 0 fully saturated rings. The van der Waals surface area contributed by atoms with Gasteiger partial charge >= 0.3 is 5.97 Å². The van der Waals surface area contributed by atoms with Gasteiger partial charge in [-0.3, -0.25) is 4.79 Å². The number of rotatable bonds is 6. The second kappa shape index (κ2) is 7.26. The van der Waals surface area contributed by atoms with Gasteiger partial charge in [-0.2, -0.15) is 0 Å². The minimum absolute atomic E-state index is 0.0960. The van der Waals surface area contributed by atoms with Crippen LogP contribution < -0.4 is 0 Å². The third-order valence-electron chi connectivity index (χ3n) is 5.05. The van der Waals surface area contributed by atoms with Crippen molar-refractivity contribution in [3.63, 3.8) is 0 Å². The van der Waals surface area contributed by atoms with Gasteiger partial charge in [0.05, 0.1) is 6.26 Å². The first-order valence-electron chi connectivity index (χ1n) is 8.87. The molecule has 0 aromatic heterocycles. The number of esters is 1. The van der Waals surface area contributed by atoms with E-state index in [2.05, 4.69) is 19.1 Å². The van der Waals surface area contributed by atoms with Crippen LogP contribution in [0.15, 0.2) is 47.7 Å². The van der Waals surface area contributed by atoms with Crippen molar-refractivity contribution in [1.29, 1.82) is 0 Å². The van der Waals surface area contributed by atoms with Crippen molar-refractivity contribution in [1.82, 2.24) is 0 Å². The van der Waals surface area contributed by atoms with Gasteiger partial charge < -0.3 is 9.47 Å². The molecule has 1 heterocycles. The third-order valence-corrected chi connectivity index (χ3v) is 5.05. The molecular weight excluding hydrogens is 316 g/mol. The Morgan fingerprint density at radius 3 is 2.76 bits per heavy atom. The summed E-state index contributed by atoms with van der Waals surface area (Å²) in [7, 11) is 0. The fourth-order valence-corrected chi connectivity index (χ4v) is 3.62. The Labute approximate surface area is 148 Å². The minimum Gasteiger partial charge on any atom is -0.458 e. The molecule has 0 amide bonds. The van der Waals surface area contributed by atoms with E-state index in [9.17, 15) is 9.59 Å². The van der Waals surface area contributed by atoms with Gasteiger partial charge in [0.25, 0.3) is 6.29 Å². The molecular formula is C21H24O4. The maximum Gasteiger partial charge on any atom is 0.336 e. The van der Waals surface area contributed by atoms with E-state index in [0.29, 0.717) is 17.6 Å². The Hall–Kier alpha value is -2.36. The van der Waals surface area contributed by atoms with Gasteiger partial charge in [0.2, 0.25) is 0 Å². The van der Waals surface area contributed by atoms with Gasteiger partial charge in [0, 0.05) is 29.6 Å². The van der Waals surface area contributed by atoms with Crippen molar-refractivity contribution >= 4 is 11.8 Å². The fraction of sp³-hybridized carbons (Fsp3) is 0.429. The number of hydrogen-bond donors (Lipinski definition) is 0. The summed E-state index contributed by atoms with van der Waals surface area (Å²) in [5.41, 5.74) is 3.81. The lowest BCUT2D eigenvalue weighted by Crippen LogP contribution is -2.18.